The van der Waals surface area contributed by atoms with Gasteiger partial charge in [-0.2, -0.15) is 0 Å². The number of likely N-dealkylation sites (tertiary alicyclic amines) is 1. The highest BCUT2D eigenvalue weighted by Crippen LogP contribution is 2.42. The molecule has 0 aromatic rings. The predicted molar refractivity (Wildman–Crippen MR) is 63.8 cm³/mol. The van der Waals surface area contributed by atoms with Crippen LogP contribution in [0.3, 0.4) is 0 Å². The third-order valence-electron chi connectivity index (χ3n) is 3.10. The molecule has 4 nitrogen and oxygen atoms in total. The second-order valence-corrected chi connectivity index (χ2v) is 5.42. The Morgan fingerprint density at radius 2 is 2.27 bits per heavy atom. The van der Waals surface area contributed by atoms with Crippen LogP contribution in [0.5, 0.6) is 0 Å². The SMILES string of the molecule is CCOC(=O)N1CC2(CCN(SS)C2)C1. The fourth-order valence-corrected chi connectivity index (χ4v) is 3.25. The standard InChI is InChI=1S/C9H16N2O2S2/c1-2-13-8(12)10-5-9(6-10)3-4-11(7-9)15-14/h14H,2-7H2,1H3. The first-order valence-corrected chi connectivity index (χ1v) is 7.00. The molecule has 0 bridgehead atoms. The van der Waals surface area contributed by atoms with E-state index in [-0.39, 0.29) is 6.09 Å². The highest BCUT2D eigenvalue weighted by atomic mass is 33.1. The molecule has 0 aliphatic carbocycles. The summed E-state index contributed by atoms with van der Waals surface area (Å²) in [6, 6.07) is 0. The molecule has 2 rings (SSSR count). The third-order valence-corrected chi connectivity index (χ3v) is 4.33. The molecule has 0 atom stereocenters. The second kappa shape index (κ2) is 4.43. The van der Waals surface area contributed by atoms with Crippen molar-refractivity contribution >= 4 is 28.7 Å². The Kier molecular flexibility index (Phi) is 3.37. The predicted octanol–water partition coefficient (Wildman–Crippen LogP) is 1.64. The van der Waals surface area contributed by atoms with Gasteiger partial charge in [0.05, 0.1) is 6.61 Å². The average molecular weight is 248 g/mol. The molecular formula is C9H16N2O2S2. The van der Waals surface area contributed by atoms with Crippen molar-refractivity contribution in [3.05, 3.63) is 0 Å². The van der Waals surface area contributed by atoms with E-state index in [2.05, 4.69) is 16.0 Å². The lowest BCUT2D eigenvalue weighted by molar-refractivity contribution is 0.00729. The van der Waals surface area contributed by atoms with E-state index in [4.69, 9.17) is 4.74 Å². The molecule has 0 saturated carbocycles. The summed E-state index contributed by atoms with van der Waals surface area (Å²) in [5.74, 6) is 0. The minimum Gasteiger partial charge on any atom is -0.450 e. The van der Waals surface area contributed by atoms with Crippen LogP contribution in [0.25, 0.3) is 0 Å². The van der Waals surface area contributed by atoms with Crippen LogP contribution in [0.2, 0.25) is 0 Å². The number of amides is 1. The highest BCUT2D eigenvalue weighted by Gasteiger charge is 2.49. The van der Waals surface area contributed by atoms with E-state index in [0.29, 0.717) is 12.0 Å². The van der Waals surface area contributed by atoms with Gasteiger partial charge in [0.2, 0.25) is 0 Å². The molecule has 2 saturated heterocycles. The third kappa shape index (κ3) is 2.21. The van der Waals surface area contributed by atoms with E-state index in [1.807, 2.05) is 6.92 Å². The number of hydrogen-bond acceptors (Lipinski definition) is 5. The van der Waals surface area contributed by atoms with Gasteiger partial charge in [-0.3, -0.25) is 0 Å². The summed E-state index contributed by atoms with van der Waals surface area (Å²) in [5.41, 5.74) is 0.322. The summed E-state index contributed by atoms with van der Waals surface area (Å²) < 4.78 is 7.20. The number of thiol groups is 1. The molecule has 0 radical (unpaired) electrons. The largest absolute Gasteiger partial charge is 0.450 e. The van der Waals surface area contributed by atoms with Crippen molar-refractivity contribution in [2.24, 2.45) is 5.41 Å². The fraction of sp³-hybridized carbons (Fsp3) is 0.889. The monoisotopic (exact) mass is 248 g/mol. The lowest BCUT2D eigenvalue weighted by Crippen LogP contribution is -2.59. The van der Waals surface area contributed by atoms with E-state index >= 15 is 0 Å². The summed E-state index contributed by atoms with van der Waals surface area (Å²) >= 11 is 4.19. The van der Waals surface area contributed by atoms with Crippen molar-refractivity contribution < 1.29 is 9.53 Å². The van der Waals surface area contributed by atoms with Gasteiger partial charge in [0.1, 0.15) is 0 Å². The molecule has 0 aromatic heterocycles. The van der Waals surface area contributed by atoms with Crippen molar-refractivity contribution in [3.63, 3.8) is 0 Å². The number of carbonyl (C=O) groups is 1. The van der Waals surface area contributed by atoms with Crippen LogP contribution in [-0.4, -0.2) is 48.1 Å². The second-order valence-electron chi connectivity index (χ2n) is 4.25. The van der Waals surface area contributed by atoms with E-state index in [0.717, 1.165) is 32.6 Å². The maximum atomic E-state index is 11.4. The van der Waals surface area contributed by atoms with E-state index in [1.165, 1.54) is 11.0 Å². The molecule has 2 fully saturated rings. The number of rotatable bonds is 2. The molecule has 15 heavy (non-hydrogen) atoms. The van der Waals surface area contributed by atoms with Gasteiger partial charge >= 0.3 is 6.09 Å². The number of nitrogens with zero attached hydrogens (tertiary/aromatic N) is 2. The Labute approximate surface area is 99.3 Å². The zero-order valence-corrected chi connectivity index (χ0v) is 10.5. The van der Waals surface area contributed by atoms with Crippen LogP contribution in [-0.2, 0) is 4.74 Å². The Hall–Kier alpha value is -0.0700. The van der Waals surface area contributed by atoms with Crippen LogP contribution in [0, 0.1) is 5.41 Å². The molecule has 0 aromatic carbocycles. The maximum Gasteiger partial charge on any atom is 0.409 e. The van der Waals surface area contributed by atoms with Crippen LogP contribution < -0.4 is 0 Å². The Morgan fingerprint density at radius 3 is 2.80 bits per heavy atom. The molecule has 6 heteroatoms. The summed E-state index contributed by atoms with van der Waals surface area (Å²) in [6.07, 6.45) is 0.997. The molecular weight excluding hydrogens is 232 g/mol. The number of carbonyl (C=O) groups excluding carboxylic acids is 1. The lowest BCUT2D eigenvalue weighted by atomic mass is 9.79. The first kappa shape index (κ1) is 11.4. The maximum absolute atomic E-state index is 11.4. The lowest BCUT2D eigenvalue weighted by Gasteiger charge is -2.46. The molecule has 2 aliphatic heterocycles. The van der Waals surface area contributed by atoms with Gasteiger partial charge in [-0.15, -0.1) is 0 Å². The first-order chi connectivity index (χ1) is 7.19. The van der Waals surface area contributed by atoms with Gasteiger partial charge in [0.25, 0.3) is 0 Å². The summed E-state index contributed by atoms with van der Waals surface area (Å²) in [7, 11) is 1.50. The van der Waals surface area contributed by atoms with E-state index < -0.39 is 0 Å². The Morgan fingerprint density at radius 1 is 1.53 bits per heavy atom. The van der Waals surface area contributed by atoms with Gasteiger partial charge in [-0.05, 0) is 24.3 Å². The van der Waals surface area contributed by atoms with Crippen molar-refractivity contribution in [2.45, 2.75) is 13.3 Å². The molecule has 86 valence electrons. The zero-order chi connectivity index (χ0) is 10.9. The molecule has 2 aliphatic rings. The summed E-state index contributed by atoms with van der Waals surface area (Å²) in [6.45, 7) is 6.10. The van der Waals surface area contributed by atoms with Crippen molar-refractivity contribution in [2.75, 3.05) is 32.8 Å². The minimum absolute atomic E-state index is 0.167. The van der Waals surface area contributed by atoms with Gasteiger partial charge in [-0.25, -0.2) is 9.10 Å². The topological polar surface area (TPSA) is 32.8 Å². The summed E-state index contributed by atoms with van der Waals surface area (Å²) in [4.78, 5) is 13.2. The molecule has 0 unspecified atom stereocenters. The van der Waals surface area contributed by atoms with E-state index in [9.17, 15) is 4.79 Å². The van der Waals surface area contributed by atoms with E-state index in [1.54, 1.807) is 4.90 Å². The van der Waals surface area contributed by atoms with Crippen LogP contribution in [0.4, 0.5) is 4.79 Å². The Bertz CT molecular complexity index is 256. The molecule has 2 heterocycles. The van der Waals surface area contributed by atoms with Gasteiger partial charge in [0.15, 0.2) is 0 Å². The average Bonchev–Trinajstić information content (AvgIpc) is 2.59. The van der Waals surface area contributed by atoms with Crippen molar-refractivity contribution in [1.29, 1.82) is 0 Å². The molecule has 0 N–H and O–H groups in total. The number of ether oxygens (including phenoxy) is 1. The Balaban J connectivity index is 1.80. The fourth-order valence-electron chi connectivity index (χ4n) is 2.33. The smallest absolute Gasteiger partial charge is 0.409 e. The highest BCUT2D eigenvalue weighted by molar-refractivity contribution is 8.67. The first-order valence-electron chi connectivity index (χ1n) is 5.17. The van der Waals surface area contributed by atoms with Crippen LogP contribution >= 0.6 is 22.6 Å². The zero-order valence-electron chi connectivity index (χ0n) is 8.81. The van der Waals surface area contributed by atoms with Crippen molar-refractivity contribution in [3.8, 4) is 0 Å². The quantitative estimate of drug-likeness (QED) is 0.457. The normalized spacial score (nSPS) is 24.3. The van der Waals surface area contributed by atoms with Gasteiger partial charge in [-0.1, -0.05) is 11.7 Å². The van der Waals surface area contributed by atoms with Crippen molar-refractivity contribution in [1.82, 2.24) is 9.21 Å². The van der Waals surface area contributed by atoms with Crippen LogP contribution in [0.1, 0.15) is 13.3 Å². The summed E-state index contributed by atoms with van der Waals surface area (Å²) in [5, 5.41) is 0. The molecule has 1 spiro atoms. The van der Waals surface area contributed by atoms with Gasteiger partial charge < -0.3 is 9.64 Å². The minimum atomic E-state index is -0.167. The van der Waals surface area contributed by atoms with Crippen LogP contribution in [0.15, 0.2) is 0 Å². The van der Waals surface area contributed by atoms with Gasteiger partial charge in [0, 0.05) is 31.6 Å². The number of hydrogen-bond donors (Lipinski definition) is 1. The molecule has 1 amide bonds.